The van der Waals surface area contributed by atoms with Gasteiger partial charge in [0.15, 0.2) is 0 Å². The monoisotopic (exact) mass is 357 g/mol. The number of aryl methyl sites for hydroxylation is 1. The standard InChI is InChI=1S/C21H31N3O2/c1-15-6-3-4-7-18(15)13-23-20(25)16(2)24-11-5-8-19(14-24)21(26)22-12-17-9-10-17/h3-4,6-7,16-17,19H,5,8-14H2,1-2H3,(H,22,26)(H,23,25). The van der Waals surface area contributed by atoms with E-state index in [1.54, 1.807) is 0 Å². The molecule has 2 N–H and O–H groups in total. The zero-order chi connectivity index (χ0) is 18.5. The molecule has 26 heavy (non-hydrogen) atoms. The highest BCUT2D eigenvalue weighted by Gasteiger charge is 2.31. The Balaban J connectivity index is 1.47. The van der Waals surface area contributed by atoms with Crippen molar-refractivity contribution in [1.82, 2.24) is 15.5 Å². The minimum Gasteiger partial charge on any atom is -0.356 e. The van der Waals surface area contributed by atoms with Gasteiger partial charge in [0.2, 0.25) is 11.8 Å². The molecule has 0 radical (unpaired) electrons. The molecule has 1 aliphatic carbocycles. The Kier molecular flexibility index (Phi) is 6.30. The van der Waals surface area contributed by atoms with Crippen LogP contribution < -0.4 is 10.6 Å². The zero-order valence-corrected chi connectivity index (χ0v) is 16.0. The first-order valence-corrected chi connectivity index (χ1v) is 9.88. The summed E-state index contributed by atoms with van der Waals surface area (Å²) >= 11 is 0. The number of piperidine rings is 1. The van der Waals surface area contributed by atoms with Crippen LogP contribution in [0.15, 0.2) is 24.3 Å². The third kappa shape index (κ3) is 5.07. The molecule has 0 spiro atoms. The highest BCUT2D eigenvalue weighted by atomic mass is 16.2. The molecule has 5 heteroatoms. The fourth-order valence-corrected chi connectivity index (χ4v) is 3.59. The lowest BCUT2D eigenvalue weighted by molar-refractivity contribution is -0.131. The van der Waals surface area contributed by atoms with E-state index in [1.807, 2.05) is 25.1 Å². The van der Waals surface area contributed by atoms with Crippen LogP contribution in [0.1, 0.15) is 43.7 Å². The van der Waals surface area contributed by atoms with Gasteiger partial charge in [0, 0.05) is 19.6 Å². The summed E-state index contributed by atoms with van der Waals surface area (Å²) in [7, 11) is 0. The van der Waals surface area contributed by atoms with Crippen molar-refractivity contribution >= 4 is 11.8 Å². The number of benzene rings is 1. The maximum Gasteiger partial charge on any atom is 0.237 e. The highest BCUT2D eigenvalue weighted by Crippen LogP contribution is 2.28. The van der Waals surface area contributed by atoms with Crippen LogP contribution in [0, 0.1) is 18.8 Å². The molecule has 2 atom stereocenters. The summed E-state index contributed by atoms with van der Waals surface area (Å²) in [5.74, 6) is 0.903. The van der Waals surface area contributed by atoms with E-state index in [-0.39, 0.29) is 23.8 Å². The summed E-state index contributed by atoms with van der Waals surface area (Å²) in [4.78, 5) is 27.1. The number of hydrogen-bond acceptors (Lipinski definition) is 3. The molecule has 1 aromatic carbocycles. The Hall–Kier alpha value is -1.88. The first-order valence-electron chi connectivity index (χ1n) is 9.88. The Morgan fingerprint density at radius 1 is 1.19 bits per heavy atom. The molecule has 2 amide bonds. The maximum atomic E-state index is 12.6. The fraction of sp³-hybridized carbons (Fsp3) is 0.619. The number of amides is 2. The Morgan fingerprint density at radius 3 is 2.69 bits per heavy atom. The van der Waals surface area contributed by atoms with Gasteiger partial charge in [-0.05, 0) is 63.1 Å². The van der Waals surface area contributed by atoms with Crippen molar-refractivity contribution in [3.8, 4) is 0 Å². The summed E-state index contributed by atoms with van der Waals surface area (Å²) in [6.07, 6.45) is 4.38. The minimum absolute atomic E-state index is 0.00844. The third-order valence-electron chi connectivity index (χ3n) is 5.73. The molecule has 142 valence electrons. The minimum atomic E-state index is -0.210. The molecule has 2 fully saturated rings. The Bertz CT molecular complexity index is 642. The quantitative estimate of drug-likeness (QED) is 0.787. The second-order valence-electron chi connectivity index (χ2n) is 7.84. The van der Waals surface area contributed by atoms with Crippen LogP contribution in [-0.4, -0.2) is 42.4 Å². The molecule has 2 aliphatic rings. The van der Waals surface area contributed by atoms with E-state index in [9.17, 15) is 9.59 Å². The number of hydrogen-bond donors (Lipinski definition) is 2. The summed E-state index contributed by atoms with van der Waals surface area (Å²) in [5.41, 5.74) is 2.33. The summed E-state index contributed by atoms with van der Waals surface area (Å²) in [5, 5.41) is 6.14. The molecule has 2 unspecified atom stereocenters. The van der Waals surface area contributed by atoms with Crippen molar-refractivity contribution in [3.05, 3.63) is 35.4 Å². The van der Waals surface area contributed by atoms with E-state index in [0.717, 1.165) is 31.5 Å². The lowest BCUT2D eigenvalue weighted by Gasteiger charge is -2.35. The smallest absolute Gasteiger partial charge is 0.237 e. The van der Waals surface area contributed by atoms with Crippen LogP contribution in [0.2, 0.25) is 0 Å². The zero-order valence-electron chi connectivity index (χ0n) is 16.0. The van der Waals surface area contributed by atoms with Crippen LogP contribution >= 0.6 is 0 Å². The Labute approximate surface area is 156 Å². The largest absolute Gasteiger partial charge is 0.356 e. The highest BCUT2D eigenvalue weighted by molar-refractivity contribution is 5.82. The van der Waals surface area contributed by atoms with Gasteiger partial charge in [-0.1, -0.05) is 24.3 Å². The second-order valence-corrected chi connectivity index (χ2v) is 7.84. The molecule has 1 saturated heterocycles. The first kappa shape index (κ1) is 18.9. The number of rotatable bonds is 7. The lowest BCUT2D eigenvalue weighted by atomic mass is 9.95. The third-order valence-corrected chi connectivity index (χ3v) is 5.73. The predicted molar refractivity (Wildman–Crippen MR) is 103 cm³/mol. The van der Waals surface area contributed by atoms with Crippen LogP contribution in [-0.2, 0) is 16.1 Å². The van der Waals surface area contributed by atoms with Crippen molar-refractivity contribution in [3.63, 3.8) is 0 Å². The number of carbonyl (C=O) groups excluding carboxylic acids is 2. The van der Waals surface area contributed by atoms with E-state index in [2.05, 4.69) is 28.5 Å². The van der Waals surface area contributed by atoms with Gasteiger partial charge < -0.3 is 10.6 Å². The summed E-state index contributed by atoms with van der Waals surface area (Å²) in [6.45, 7) is 6.93. The van der Waals surface area contributed by atoms with Gasteiger partial charge in [-0.3, -0.25) is 14.5 Å². The SMILES string of the molecule is Cc1ccccc1CNC(=O)C(C)N1CCCC(C(=O)NCC2CC2)C1. The van der Waals surface area contributed by atoms with Crippen LogP contribution in [0.5, 0.6) is 0 Å². The van der Waals surface area contributed by atoms with Crippen LogP contribution in [0.4, 0.5) is 0 Å². The van der Waals surface area contributed by atoms with Crippen molar-refractivity contribution in [2.24, 2.45) is 11.8 Å². The van der Waals surface area contributed by atoms with Gasteiger partial charge in [0.1, 0.15) is 0 Å². The van der Waals surface area contributed by atoms with Gasteiger partial charge in [-0.15, -0.1) is 0 Å². The number of nitrogens with one attached hydrogen (secondary N) is 2. The average Bonchev–Trinajstić information content (AvgIpc) is 3.49. The van der Waals surface area contributed by atoms with Crippen molar-refractivity contribution in [2.45, 2.75) is 52.1 Å². The molecule has 1 aliphatic heterocycles. The van der Waals surface area contributed by atoms with Gasteiger partial charge >= 0.3 is 0 Å². The molecule has 5 nitrogen and oxygen atoms in total. The normalized spacial score (nSPS) is 21.8. The molecule has 1 aromatic rings. The topological polar surface area (TPSA) is 61.4 Å². The van der Waals surface area contributed by atoms with Crippen molar-refractivity contribution in [1.29, 1.82) is 0 Å². The molecular formula is C21H31N3O2. The van der Waals surface area contributed by atoms with Crippen molar-refractivity contribution in [2.75, 3.05) is 19.6 Å². The first-order chi connectivity index (χ1) is 12.5. The van der Waals surface area contributed by atoms with E-state index >= 15 is 0 Å². The van der Waals surface area contributed by atoms with E-state index in [1.165, 1.54) is 18.4 Å². The number of nitrogens with zero attached hydrogens (tertiary/aromatic N) is 1. The summed E-state index contributed by atoms with van der Waals surface area (Å²) < 4.78 is 0. The van der Waals surface area contributed by atoms with Crippen LogP contribution in [0.3, 0.4) is 0 Å². The molecule has 0 aromatic heterocycles. The molecule has 3 rings (SSSR count). The average molecular weight is 357 g/mol. The maximum absolute atomic E-state index is 12.6. The summed E-state index contributed by atoms with van der Waals surface area (Å²) in [6, 6.07) is 7.89. The van der Waals surface area contributed by atoms with E-state index in [0.29, 0.717) is 19.0 Å². The fourth-order valence-electron chi connectivity index (χ4n) is 3.59. The number of carbonyl (C=O) groups is 2. The molecule has 0 bridgehead atoms. The van der Waals surface area contributed by atoms with Crippen molar-refractivity contribution < 1.29 is 9.59 Å². The second kappa shape index (κ2) is 8.67. The van der Waals surface area contributed by atoms with Gasteiger partial charge in [0.25, 0.3) is 0 Å². The number of likely N-dealkylation sites (tertiary alicyclic amines) is 1. The molecular weight excluding hydrogens is 326 g/mol. The van der Waals surface area contributed by atoms with E-state index in [4.69, 9.17) is 0 Å². The van der Waals surface area contributed by atoms with Gasteiger partial charge in [0.05, 0.1) is 12.0 Å². The van der Waals surface area contributed by atoms with Gasteiger partial charge in [-0.25, -0.2) is 0 Å². The Morgan fingerprint density at radius 2 is 1.96 bits per heavy atom. The molecule has 1 saturated carbocycles. The predicted octanol–water partition coefficient (Wildman–Crippen LogP) is 2.24. The van der Waals surface area contributed by atoms with Crippen LogP contribution in [0.25, 0.3) is 0 Å². The molecule has 1 heterocycles. The van der Waals surface area contributed by atoms with E-state index < -0.39 is 0 Å². The lowest BCUT2D eigenvalue weighted by Crippen LogP contribution is -2.51. The van der Waals surface area contributed by atoms with Gasteiger partial charge in [-0.2, -0.15) is 0 Å².